The van der Waals surface area contributed by atoms with E-state index in [-0.39, 0.29) is 25.5 Å². The summed E-state index contributed by atoms with van der Waals surface area (Å²) < 4.78 is 5.29. The van der Waals surface area contributed by atoms with Crippen molar-refractivity contribution in [1.82, 2.24) is 9.88 Å². The summed E-state index contributed by atoms with van der Waals surface area (Å²) in [4.78, 5) is 19.4. The molecular weight excluding hydrogens is 360 g/mol. The molecule has 0 amide bonds. The molecule has 2 aromatic rings. The lowest BCUT2D eigenvalue weighted by atomic mass is 9.90. The van der Waals surface area contributed by atoms with E-state index in [2.05, 4.69) is 30.0 Å². The van der Waals surface area contributed by atoms with Crippen LogP contribution in [-0.4, -0.2) is 35.0 Å². The van der Waals surface area contributed by atoms with Crippen molar-refractivity contribution in [2.75, 3.05) is 13.2 Å². The highest BCUT2D eigenvalue weighted by Crippen LogP contribution is 2.41. The molecule has 2 heterocycles. The highest BCUT2D eigenvalue weighted by atomic mass is 35.5. The Morgan fingerprint density at radius 1 is 1.30 bits per heavy atom. The van der Waals surface area contributed by atoms with Crippen molar-refractivity contribution in [1.29, 1.82) is 0 Å². The zero-order valence-corrected chi connectivity index (χ0v) is 15.9. The van der Waals surface area contributed by atoms with E-state index in [0.717, 1.165) is 42.1 Å². The average Bonchev–Trinajstić information content (AvgIpc) is 2.71. The van der Waals surface area contributed by atoms with E-state index < -0.39 is 0 Å². The molecule has 0 spiro atoms. The number of ether oxygens (including phenoxy) is 1. The first kappa shape index (κ1) is 19.8. The number of aryl methyl sites for hydroxylation is 3. The number of esters is 1. The minimum atomic E-state index is -0.197. The number of nitrogens with zero attached hydrogens (tertiary/aromatic N) is 2. The largest absolute Gasteiger partial charge is 0.465 e. The minimum absolute atomic E-state index is 0. The van der Waals surface area contributed by atoms with E-state index >= 15 is 0 Å². The Balaban J connectivity index is 0.00000210. The lowest BCUT2D eigenvalue weighted by Crippen LogP contribution is -2.54. The normalized spacial score (nSPS) is 21.1. The quantitative estimate of drug-likeness (QED) is 0.728. The molecule has 2 aliphatic rings. The van der Waals surface area contributed by atoms with Gasteiger partial charge in [-0.3, -0.25) is 14.7 Å². The fourth-order valence-electron chi connectivity index (χ4n) is 4.10. The molecular formula is C22H27ClN2O2. The molecule has 1 saturated heterocycles. The van der Waals surface area contributed by atoms with Crippen molar-refractivity contribution in [3.63, 3.8) is 0 Å². The van der Waals surface area contributed by atoms with Gasteiger partial charge in [0.25, 0.3) is 0 Å². The van der Waals surface area contributed by atoms with Gasteiger partial charge in [0, 0.05) is 17.8 Å². The molecule has 0 radical (unpaired) electrons. The van der Waals surface area contributed by atoms with Gasteiger partial charge in [0.1, 0.15) is 6.04 Å². The molecule has 0 bridgehead atoms. The molecule has 0 saturated carbocycles. The molecule has 0 N–H and O–H groups in total. The summed E-state index contributed by atoms with van der Waals surface area (Å²) in [5.74, 6) is -0.132. The summed E-state index contributed by atoms with van der Waals surface area (Å²) in [5, 5.41) is 0.753. The first-order valence-electron chi connectivity index (χ1n) is 9.24. The van der Waals surface area contributed by atoms with Gasteiger partial charge < -0.3 is 4.74 Å². The highest BCUT2D eigenvalue weighted by Gasteiger charge is 2.43. The van der Waals surface area contributed by atoms with Gasteiger partial charge in [-0.1, -0.05) is 31.2 Å². The van der Waals surface area contributed by atoms with Crippen LogP contribution in [0.5, 0.6) is 0 Å². The molecule has 1 fully saturated rings. The van der Waals surface area contributed by atoms with Gasteiger partial charge in [0.15, 0.2) is 0 Å². The summed E-state index contributed by atoms with van der Waals surface area (Å²) in [6.45, 7) is 5.20. The van der Waals surface area contributed by atoms with Gasteiger partial charge in [0.2, 0.25) is 0 Å². The zero-order valence-electron chi connectivity index (χ0n) is 15.2. The third-order valence-electron chi connectivity index (χ3n) is 5.41. The Bertz CT molecular complexity index is 799. The molecule has 1 aliphatic carbocycles. The molecule has 5 heteroatoms. The first-order chi connectivity index (χ1) is 12.6. The standard InChI is InChI=1S/C21H23ClN2O2.CH4/c1-3-26-21(25)18-8-9-24(18)20-17-7-6-16(22)11-14(17)4-5-15-10-13(2)12-23-19(15)20;/h6-7,10-12,18,20H,3-5,8-9H2,1-2H3;1H4/t18-,20?;/m0./s1. The number of aromatic nitrogens is 1. The summed E-state index contributed by atoms with van der Waals surface area (Å²) in [7, 11) is 0. The summed E-state index contributed by atoms with van der Waals surface area (Å²) in [6, 6.07) is 8.09. The van der Waals surface area contributed by atoms with Crippen molar-refractivity contribution in [2.24, 2.45) is 0 Å². The highest BCUT2D eigenvalue weighted by molar-refractivity contribution is 6.30. The molecule has 27 heavy (non-hydrogen) atoms. The maximum Gasteiger partial charge on any atom is 0.323 e. The van der Waals surface area contributed by atoms with Crippen LogP contribution in [0.4, 0.5) is 0 Å². The lowest BCUT2D eigenvalue weighted by molar-refractivity contribution is -0.156. The van der Waals surface area contributed by atoms with Gasteiger partial charge in [-0.25, -0.2) is 0 Å². The van der Waals surface area contributed by atoms with E-state index in [1.807, 2.05) is 19.2 Å². The number of halogens is 1. The van der Waals surface area contributed by atoms with E-state index in [9.17, 15) is 4.79 Å². The zero-order chi connectivity index (χ0) is 18.3. The fourth-order valence-corrected chi connectivity index (χ4v) is 4.30. The number of pyridine rings is 1. The third-order valence-corrected chi connectivity index (χ3v) is 5.65. The monoisotopic (exact) mass is 386 g/mol. The smallest absolute Gasteiger partial charge is 0.323 e. The topological polar surface area (TPSA) is 42.4 Å². The van der Waals surface area contributed by atoms with Crippen molar-refractivity contribution in [2.45, 2.75) is 52.6 Å². The summed E-state index contributed by atoms with van der Waals surface area (Å²) in [5.41, 5.74) is 5.94. The van der Waals surface area contributed by atoms with Crippen molar-refractivity contribution in [3.05, 3.63) is 63.4 Å². The van der Waals surface area contributed by atoms with Crippen LogP contribution in [0.15, 0.2) is 30.5 Å². The van der Waals surface area contributed by atoms with Crippen LogP contribution in [0, 0.1) is 6.92 Å². The number of carbonyl (C=O) groups is 1. The molecule has 4 rings (SSSR count). The second kappa shape index (κ2) is 7.99. The number of hydrogen-bond acceptors (Lipinski definition) is 4. The maximum absolute atomic E-state index is 12.4. The number of fused-ring (bicyclic) bond motifs is 2. The SMILES string of the molecule is C.CCOC(=O)[C@@H]1CCN1C1c2ccc(Cl)cc2CCc2cc(C)cnc21. The Kier molecular flexibility index (Phi) is 5.87. The number of benzene rings is 1. The van der Waals surface area contributed by atoms with Crippen LogP contribution in [-0.2, 0) is 22.4 Å². The number of hydrogen-bond donors (Lipinski definition) is 0. The molecule has 2 atom stereocenters. The lowest BCUT2D eigenvalue weighted by Gasteiger charge is -2.44. The number of carbonyl (C=O) groups excluding carboxylic acids is 1. The van der Waals surface area contributed by atoms with Gasteiger partial charge in [-0.2, -0.15) is 0 Å². The van der Waals surface area contributed by atoms with Crippen LogP contribution in [0.1, 0.15) is 54.8 Å². The Labute approximate surface area is 166 Å². The molecule has 1 aliphatic heterocycles. The fraction of sp³-hybridized carbons (Fsp3) is 0.455. The Morgan fingerprint density at radius 3 is 2.78 bits per heavy atom. The Morgan fingerprint density at radius 2 is 2.07 bits per heavy atom. The van der Waals surface area contributed by atoms with Gasteiger partial charge >= 0.3 is 5.97 Å². The predicted octanol–water partition coefficient (Wildman–Crippen LogP) is 4.50. The molecule has 4 nitrogen and oxygen atoms in total. The van der Waals surface area contributed by atoms with E-state index in [1.165, 1.54) is 16.7 Å². The summed E-state index contributed by atoms with van der Waals surface area (Å²) in [6.07, 6.45) is 4.62. The van der Waals surface area contributed by atoms with Crippen LogP contribution >= 0.6 is 11.6 Å². The van der Waals surface area contributed by atoms with Crippen LogP contribution in [0.25, 0.3) is 0 Å². The maximum atomic E-state index is 12.4. The van der Waals surface area contributed by atoms with Gasteiger partial charge in [0.05, 0.1) is 18.3 Å². The predicted molar refractivity (Wildman–Crippen MR) is 108 cm³/mol. The van der Waals surface area contributed by atoms with E-state index in [0.29, 0.717) is 6.61 Å². The average molecular weight is 387 g/mol. The molecule has 1 unspecified atom stereocenters. The third kappa shape index (κ3) is 3.61. The van der Waals surface area contributed by atoms with Crippen molar-refractivity contribution >= 4 is 17.6 Å². The van der Waals surface area contributed by atoms with E-state index in [4.69, 9.17) is 21.3 Å². The van der Waals surface area contributed by atoms with Gasteiger partial charge in [-0.05, 0) is 67.5 Å². The Hall–Kier alpha value is -1.91. The first-order valence-corrected chi connectivity index (χ1v) is 9.62. The summed E-state index contributed by atoms with van der Waals surface area (Å²) >= 11 is 6.26. The second-order valence-corrected chi connectivity index (χ2v) is 7.53. The number of likely N-dealkylation sites (tertiary alicyclic amines) is 1. The second-order valence-electron chi connectivity index (χ2n) is 7.10. The van der Waals surface area contributed by atoms with E-state index in [1.54, 1.807) is 0 Å². The van der Waals surface area contributed by atoms with Crippen molar-refractivity contribution < 1.29 is 9.53 Å². The van der Waals surface area contributed by atoms with Crippen LogP contribution in [0.2, 0.25) is 5.02 Å². The molecule has 1 aromatic heterocycles. The van der Waals surface area contributed by atoms with Gasteiger partial charge in [-0.15, -0.1) is 0 Å². The number of rotatable bonds is 3. The molecule has 144 valence electrons. The molecule has 1 aromatic carbocycles. The van der Waals surface area contributed by atoms with Crippen LogP contribution < -0.4 is 0 Å². The minimum Gasteiger partial charge on any atom is -0.465 e. The van der Waals surface area contributed by atoms with Crippen LogP contribution in [0.3, 0.4) is 0 Å². The van der Waals surface area contributed by atoms with Crippen molar-refractivity contribution in [3.8, 4) is 0 Å².